The van der Waals surface area contributed by atoms with Crippen molar-refractivity contribution in [3.63, 3.8) is 0 Å². The summed E-state index contributed by atoms with van der Waals surface area (Å²) >= 11 is 0.974. The van der Waals surface area contributed by atoms with Crippen molar-refractivity contribution in [3.8, 4) is 6.07 Å². The summed E-state index contributed by atoms with van der Waals surface area (Å²) in [4.78, 5) is 3.70. The molecule has 0 unspecified atom stereocenters. The molecule has 0 saturated carbocycles. The number of rotatable bonds is 1. The molecule has 0 bridgehead atoms. The Morgan fingerprint density at radius 2 is 2.55 bits per heavy atom. The van der Waals surface area contributed by atoms with Crippen molar-refractivity contribution in [1.82, 2.24) is 9.36 Å². The lowest BCUT2D eigenvalue weighted by Gasteiger charge is -1.92. The Balaban J connectivity index is 2.91. The highest BCUT2D eigenvalue weighted by molar-refractivity contribution is 7.07. The van der Waals surface area contributed by atoms with Crippen LogP contribution in [-0.4, -0.2) is 22.4 Å². The number of nitrogens with zero attached hydrogens (tertiary/aromatic N) is 3. The standard InChI is InChI=1S/C5H4N4OS/c1-10-4(7)5-8-3(2-6)9-11-5/h7H,1H3. The molecule has 1 rings (SSSR count). The Labute approximate surface area is 66.9 Å². The first kappa shape index (κ1) is 7.63. The zero-order valence-electron chi connectivity index (χ0n) is 5.66. The summed E-state index contributed by atoms with van der Waals surface area (Å²) in [6, 6.07) is 1.76. The van der Waals surface area contributed by atoms with E-state index in [0.29, 0.717) is 5.01 Å². The first-order chi connectivity index (χ1) is 5.27. The zero-order valence-corrected chi connectivity index (χ0v) is 6.47. The minimum Gasteiger partial charge on any atom is -0.479 e. The van der Waals surface area contributed by atoms with Crippen LogP contribution < -0.4 is 0 Å². The fourth-order valence-corrected chi connectivity index (χ4v) is 0.997. The van der Waals surface area contributed by atoms with Crippen LogP contribution in [0.15, 0.2) is 0 Å². The second kappa shape index (κ2) is 3.07. The zero-order chi connectivity index (χ0) is 8.27. The summed E-state index contributed by atoms with van der Waals surface area (Å²) in [6.45, 7) is 0. The number of nitriles is 1. The average molecular weight is 168 g/mol. The van der Waals surface area contributed by atoms with Crippen molar-refractivity contribution in [3.05, 3.63) is 10.8 Å². The summed E-state index contributed by atoms with van der Waals surface area (Å²) in [5, 5.41) is 15.8. The number of hydrogen-bond donors (Lipinski definition) is 1. The number of nitrogens with one attached hydrogen (secondary N) is 1. The van der Waals surface area contributed by atoms with Crippen LogP contribution in [0.4, 0.5) is 0 Å². The third-order valence-corrected chi connectivity index (χ3v) is 1.64. The number of hydrogen-bond acceptors (Lipinski definition) is 6. The Morgan fingerprint density at radius 1 is 1.82 bits per heavy atom. The highest BCUT2D eigenvalue weighted by Gasteiger charge is 2.07. The Morgan fingerprint density at radius 3 is 3.00 bits per heavy atom. The molecular formula is C5H4N4OS. The van der Waals surface area contributed by atoms with Crippen LogP contribution in [0.5, 0.6) is 0 Å². The van der Waals surface area contributed by atoms with Gasteiger partial charge in [-0.05, 0) is 11.5 Å². The fourth-order valence-electron chi connectivity index (χ4n) is 0.448. The smallest absolute Gasteiger partial charge is 0.244 e. The number of methoxy groups -OCH3 is 1. The van der Waals surface area contributed by atoms with Crippen molar-refractivity contribution in [2.24, 2.45) is 0 Å². The van der Waals surface area contributed by atoms with E-state index < -0.39 is 0 Å². The molecule has 56 valence electrons. The molecule has 0 spiro atoms. The van der Waals surface area contributed by atoms with Gasteiger partial charge in [-0.2, -0.15) is 9.64 Å². The van der Waals surface area contributed by atoms with Crippen LogP contribution in [0, 0.1) is 16.7 Å². The first-order valence-corrected chi connectivity index (χ1v) is 3.42. The van der Waals surface area contributed by atoms with Crippen LogP contribution >= 0.6 is 11.5 Å². The molecule has 1 heterocycles. The molecule has 6 heteroatoms. The molecule has 0 amide bonds. The molecule has 5 nitrogen and oxygen atoms in total. The molecule has 11 heavy (non-hydrogen) atoms. The lowest BCUT2D eigenvalue weighted by molar-refractivity contribution is 0.401. The van der Waals surface area contributed by atoms with E-state index in [0.717, 1.165) is 11.5 Å². The van der Waals surface area contributed by atoms with E-state index in [9.17, 15) is 0 Å². The lowest BCUT2D eigenvalue weighted by Crippen LogP contribution is -1.99. The summed E-state index contributed by atoms with van der Waals surface area (Å²) < 4.78 is 8.23. The topological polar surface area (TPSA) is 82.6 Å². The van der Waals surface area contributed by atoms with Crippen molar-refractivity contribution >= 4 is 17.4 Å². The molecule has 0 aromatic carbocycles. The second-order valence-corrected chi connectivity index (χ2v) is 2.32. The molecule has 0 saturated heterocycles. The normalized spacial score (nSPS) is 8.73. The minimum atomic E-state index is -0.0657. The Hall–Kier alpha value is -1.48. The van der Waals surface area contributed by atoms with Gasteiger partial charge in [0.05, 0.1) is 7.11 Å². The van der Waals surface area contributed by atoms with Gasteiger partial charge in [0.15, 0.2) is 5.01 Å². The van der Waals surface area contributed by atoms with Crippen LogP contribution in [0.1, 0.15) is 10.8 Å². The van der Waals surface area contributed by atoms with Gasteiger partial charge in [0.1, 0.15) is 6.07 Å². The second-order valence-electron chi connectivity index (χ2n) is 1.57. The van der Waals surface area contributed by atoms with Crippen molar-refractivity contribution in [2.75, 3.05) is 7.11 Å². The number of ether oxygens (including phenoxy) is 1. The predicted molar refractivity (Wildman–Crippen MR) is 38.5 cm³/mol. The summed E-state index contributed by atoms with van der Waals surface area (Å²) in [6.07, 6.45) is 0. The number of aromatic nitrogens is 2. The molecule has 0 fully saturated rings. The highest BCUT2D eigenvalue weighted by Crippen LogP contribution is 2.04. The van der Waals surface area contributed by atoms with Crippen LogP contribution in [0.3, 0.4) is 0 Å². The SMILES string of the molecule is COC(=N)c1nc(C#N)ns1. The maximum Gasteiger partial charge on any atom is 0.244 e. The van der Waals surface area contributed by atoms with E-state index >= 15 is 0 Å². The summed E-state index contributed by atoms with van der Waals surface area (Å²) in [5.41, 5.74) is 0. The first-order valence-electron chi connectivity index (χ1n) is 2.64. The van der Waals surface area contributed by atoms with Gasteiger partial charge in [0, 0.05) is 0 Å². The highest BCUT2D eigenvalue weighted by atomic mass is 32.1. The quantitative estimate of drug-likeness (QED) is 0.485. The van der Waals surface area contributed by atoms with E-state index in [1.807, 2.05) is 0 Å². The third kappa shape index (κ3) is 1.50. The van der Waals surface area contributed by atoms with E-state index in [-0.39, 0.29) is 11.7 Å². The molecule has 0 atom stereocenters. The molecule has 1 N–H and O–H groups in total. The van der Waals surface area contributed by atoms with Crippen molar-refractivity contribution in [1.29, 1.82) is 10.7 Å². The monoisotopic (exact) mass is 168 g/mol. The van der Waals surface area contributed by atoms with E-state index in [1.165, 1.54) is 7.11 Å². The van der Waals surface area contributed by atoms with Gasteiger partial charge in [-0.1, -0.05) is 0 Å². The van der Waals surface area contributed by atoms with Crippen molar-refractivity contribution < 1.29 is 4.74 Å². The third-order valence-electron chi connectivity index (χ3n) is 0.924. The molecule has 0 radical (unpaired) electrons. The molecular weight excluding hydrogens is 164 g/mol. The molecule has 0 aliphatic rings. The largest absolute Gasteiger partial charge is 0.479 e. The van der Waals surface area contributed by atoms with E-state index in [4.69, 9.17) is 10.7 Å². The van der Waals surface area contributed by atoms with E-state index in [2.05, 4.69) is 14.1 Å². The van der Waals surface area contributed by atoms with Crippen molar-refractivity contribution in [2.45, 2.75) is 0 Å². The van der Waals surface area contributed by atoms with Crippen LogP contribution in [0.2, 0.25) is 0 Å². The van der Waals surface area contributed by atoms with Gasteiger partial charge in [0.25, 0.3) is 0 Å². The van der Waals surface area contributed by atoms with Gasteiger partial charge in [-0.15, -0.1) is 0 Å². The average Bonchev–Trinajstić information content (AvgIpc) is 2.50. The van der Waals surface area contributed by atoms with Gasteiger partial charge in [-0.25, -0.2) is 4.98 Å². The Bertz CT molecular complexity index is 313. The summed E-state index contributed by atoms with van der Waals surface area (Å²) in [7, 11) is 1.37. The lowest BCUT2D eigenvalue weighted by atomic mass is 10.6. The van der Waals surface area contributed by atoms with Gasteiger partial charge < -0.3 is 4.74 Å². The van der Waals surface area contributed by atoms with Crippen LogP contribution in [0.25, 0.3) is 0 Å². The Kier molecular flexibility index (Phi) is 2.13. The summed E-state index contributed by atoms with van der Waals surface area (Å²) in [5.74, 6) is 0.0100. The molecule has 1 aromatic rings. The molecule has 0 aliphatic heterocycles. The van der Waals surface area contributed by atoms with Gasteiger partial charge in [-0.3, -0.25) is 5.41 Å². The van der Waals surface area contributed by atoms with Gasteiger partial charge >= 0.3 is 0 Å². The van der Waals surface area contributed by atoms with Gasteiger partial charge in [0.2, 0.25) is 11.7 Å². The predicted octanol–water partition coefficient (Wildman–Crippen LogP) is 0.382. The van der Waals surface area contributed by atoms with Crippen LogP contribution in [-0.2, 0) is 4.74 Å². The maximum absolute atomic E-state index is 8.33. The minimum absolute atomic E-state index is 0.0657. The maximum atomic E-state index is 8.33. The molecule has 0 aliphatic carbocycles. The molecule has 1 aromatic heterocycles. The van der Waals surface area contributed by atoms with E-state index in [1.54, 1.807) is 6.07 Å². The fraction of sp³-hybridized carbons (Fsp3) is 0.200.